The highest BCUT2D eigenvalue weighted by atomic mass is 35.5. The summed E-state index contributed by atoms with van der Waals surface area (Å²) in [6.07, 6.45) is 0. The Kier molecular flexibility index (Phi) is 6.83. The molecule has 1 aromatic heterocycles. The van der Waals surface area contributed by atoms with Crippen molar-refractivity contribution in [3.8, 4) is 5.75 Å². The molecule has 1 heterocycles. The molecule has 8 heteroatoms. The number of rotatable bonds is 8. The van der Waals surface area contributed by atoms with Gasteiger partial charge in [0.1, 0.15) is 5.75 Å². The van der Waals surface area contributed by atoms with Crippen molar-refractivity contribution in [3.05, 3.63) is 47.5 Å². The van der Waals surface area contributed by atoms with Crippen LogP contribution in [-0.4, -0.2) is 41.5 Å². The summed E-state index contributed by atoms with van der Waals surface area (Å²) in [5, 5.41) is 3.93. The molecule has 0 saturated carbocycles. The molecule has 0 spiro atoms. The molecule has 1 unspecified atom stereocenters. The van der Waals surface area contributed by atoms with Crippen LogP contribution in [0.1, 0.15) is 6.92 Å². The Labute approximate surface area is 173 Å². The Morgan fingerprint density at radius 2 is 2.07 bits per heavy atom. The van der Waals surface area contributed by atoms with Crippen LogP contribution >= 0.6 is 23.4 Å². The zero-order chi connectivity index (χ0) is 20.1. The van der Waals surface area contributed by atoms with E-state index < -0.39 is 0 Å². The van der Waals surface area contributed by atoms with Crippen LogP contribution in [0.4, 0.5) is 5.69 Å². The number of halogens is 1. The fraction of sp³-hybridized carbons (Fsp3) is 0.300. The number of benzene rings is 2. The molecule has 0 bridgehead atoms. The van der Waals surface area contributed by atoms with Crippen molar-refractivity contribution in [2.75, 3.05) is 26.1 Å². The second-order valence-corrected chi connectivity index (χ2v) is 7.87. The SMILES string of the molecule is COCCn1c(SC(C)C(=O)Nc2ccccc2OC)nc2cc(Cl)ccc21. The minimum Gasteiger partial charge on any atom is -0.495 e. The number of para-hydroxylation sites is 2. The van der Waals surface area contributed by atoms with E-state index in [0.29, 0.717) is 29.6 Å². The minimum atomic E-state index is -0.363. The first-order valence-electron chi connectivity index (χ1n) is 8.78. The first-order chi connectivity index (χ1) is 13.5. The van der Waals surface area contributed by atoms with Gasteiger partial charge in [-0.2, -0.15) is 0 Å². The van der Waals surface area contributed by atoms with Crippen molar-refractivity contribution >= 4 is 46.0 Å². The first kappa shape index (κ1) is 20.5. The van der Waals surface area contributed by atoms with E-state index in [1.807, 2.05) is 47.9 Å². The molecule has 3 aromatic rings. The summed E-state index contributed by atoms with van der Waals surface area (Å²) in [6.45, 7) is 3.03. The maximum Gasteiger partial charge on any atom is 0.237 e. The molecule has 1 atom stereocenters. The van der Waals surface area contributed by atoms with E-state index in [0.717, 1.165) is 16.2 Å². The van der Waals surface area contributed by atoms with Crippen molar-refractivity contribution in [2.45, 2.75) is 23.9 Å². The van der Waals surface area contributed by atoms with Crippen molar-refractivity contribution in [1.82, 2.24) is 9.55 Å². The van der Waals surface area contributed by atoms with Crippen LogP contribution in [0.5, 0.6) is 5.75 Å². The summed E-state index contributed by atoms with van der Waals surface area (Å²) in [5.41, 5.74) is 2.40. The van der Waals surface area contributed by atoms with Crippen molar-refractivity contribution in [2.24, 2.45) is 0 Å². The average molecular weight is 420 g/mol. The van der Waals surface area contributed by atoms with E-state index in [2.05, 4.69) is 10.3 Å². The summed E-state index contributed by atoms with van der Waals surface area (Å²) in [7, 11) is 3.23. The lowest BCUT2D eigenvalue weighted by Crippen LogP contribution is -2.23. The normalized spacial score (nSPS) is 12.1. The molecule has 1 amide bonds. The van der Waals surface area contributed by atoms with Gasteiger partial charge in [-0.05, 0) is 37.3 Å². The van der Waals surface area contributed by atoms with Gasteiger partial charge >= 0.3 is 0 Å². The van der Waals surface area contributed by atoms with E-state index in [9.17, 15) is 4.79 Å². The third kappa shape index (κ3) is 4.60. The van der Waals surface area contributed by atoms with Gasteiger partial charge in [0.15, 0.2) is 5.16 Å². The smallest absolute Gasteiger partial charge is 0.237 e. The molecule has 6 nitrogen and oxygen atoms in total. The Hall–Kier alpha value is -2.22. The molecule has 2 aromatic carbocycles. The third-order valence-electron chi connectivity index (χ3n) is 4.21. The van der Waals surface area contributed by atoms with E-state index in [4.69, 9.17) is 21.1 Å². The summed E-state index contributed by atoms with van der Waals surface area (Å²) in [4.78, 5) is 17.4. The molecule has 0 saturated heterocycles. The van der Waals surface area contributed by atoms with Gasteiger partial charge < -0.3 is 19.4 Å². The molecule has 0 aliphatic heterocycles. The minimum absolute atomic E-state index is 0.127. The molecule has 0 aliphatic rings. The number of methoxy groups -OCH3 is 2. The van der Waals surface area contributed by atoms with Crippen LogP contribution in [0.3, 0.4) is 0 Å². The molecular weight excluding hydrogens is 398 g/mol. The van der Waals surface area contributed by atoms with Crippen LogP contribution in [-0.2, 0) is 16.1 Å². The Morgan fingerprint density at radius 1 is 1.29 bits per heavy atom. The predicted molar refractivity (Wildman–Crippen MR) is 114 cm³/mol. The lowest BCUT2D eigenvalue weighted by molar-refractivity contribution is -0.115. The van der Waals surface area contributed by atoms with Crippen molar-refractivity contribution in [3.63, 3.8) is 0 Å². The largest absolute Gasteiger partial charge is 0.495 e. The number of carbonyl (C=O) groups excluding carboxylic acids is 1. The van der Waals surface area contributed by atoms with Crippen LogP contribution in [0.25, 0.3) is 11.0 Å². The number of ether oxygens (including phenoxy) is 2. The Morgan fingerprint density at radius 3 is 2.82 bits per heavy atom. The standard InChI is InChI=1S/C20H22ClN3O3S/c1-13(19(25)22-15-6-4-5-7-18(15)27-3)28-20-23-16-12-14(21)8-9-17(16)24(20)10-11-26-2/h4-9,12-13H,10-11H2,1-3H3,(H,22,25). The highest BCUT2D eigenvalue weighted by Gasteiger charge is 2.20. The summed E-state index contributed by atoms with van der Waals surface area (Å²) in [6, 6.07) is 12.9. The van der Waals surface area contributed by atoms with Gasteiger partial charge in [-0.1, -0.05) is 35.5 Å². The number of hydrogen-bond acceptors (Lipinski definition) is 5. The average Bonchev–Trinajstić information content (AvgIpc) is 3.02. The van der Waals surface area contributed by atoms with E-state index in [-0.39, 0.29) is 11.2 Å². The molecule has 0 fully saturated rings. The topological polar surface area (TPSA) is 65.4 Å². The highest BCUT2D eigenvalue weighted by Crippen LogP contribution is 2.30. The van der Waals surface area contributed by atoms with Crippen LogP contribution in [0, 0.1) is 0 Å². The zero-order valence-electron chi connectivity index (χ0n) is 15.9. The number of fused-ring (bicyclic) bond motifs is 1. The van der Waals surface area contributed by atoms with E-state index in [1.54, 1.807) is 20.3 Å². The maximum absolute atomic E-state index is 12.7. The lowest BCUT2D eigenvalue weighted by atomic mass is 10.3. The van der Waals surface area contributed by atoms with Crippen LogP contribution in [0.2, 0.25) is 5.02 Å². The highest BCUT2D eigenvalue weighted by molar-refractivity contribution is 8.00. The molecule has 28 heavy (non-hydrogen) atoms. The van der Waals surface area contributed by atoms with Gasteiger partial charge in [0.05, 0.1) is 35.7 Å². The van der Waals surface area contributed by atoms with Gasteiger partial charge in [-0.25, -0.2) is 4.98 Å². The predicted octanol–water partition coefficient (Wildman–Crippen LogP) is 4.46. The molecule has 1 N–H and O–H groups in total. The number of imidazole rings is 1. The zero-order valence-corrected chi connectivity index (χ0v) is 17.5. The van der Waals surface area contributed by atoms with Crippen molar-refractivity contribution in [1.29, 1.82) is 0 Å². The fourth-order valence-electron chi connectivity index (χ4n) is 2.76. The van der Waals surface area contributed by atoms with Gasteiger partial charge in [-0.3, -0.25) is 4.79 Å². The van der Waals surface area contributed by atoms with Gasteiger partial charge in [0.2, 0.25) is 5.91 Å². The summed E-state index contributed by atoms with van der Waals surface area (Å²) < 4.78 is 12.6. The van der Waals surface area contributed by atoms with Gasteiger partial charge in [0, 0.05) is 18.7 Å². The molecule has 0 aliphatic carbocycles. The van der Waals surface area contributed by atoms with E-state index >= 15 is 0 Å². The summed E-state index contributed by atoms with van der Waals surface area (Å²) in [5.74, 6) is 0.493. The van der Waals surface area contributed by atoms with Gasteiger partial charge in [0.25, 0.3) is 0 Å². The third-order valence-corrected chi connectivity index (χ3v) is 5.54. The second kappa shape index (κ2) is 9.32. The van der Waals surface area contributed by atoms with Crippen LogP contribution in [0.15, 0.2) is 47.6 Å². The van der Waals surface area contributed by atoms with Crippen molar-refractivity contribution < 1.29 is 14.3 Å². The molecular formula is C20H22ClN3O3S. The first-order valence-corrected chi connectivity index (χ1v) is 10.0. The number of amides is 1. The number of carbonyl (C=O) groups is 1. The summed E-state index contributed by atoms with van der Waals surface area (Å²) >= 11 is 7.50. The Bertz CT molecular complexity index is 976. The van der Waals surface area contributed by atoms with Crippen LogP contribution < -0.4 is 10.1 Å². The monoisotopic (exact) mass is 419 g/mol. The molecule has 3 rings (SSSR count). The number of anilines is 1. The lowest BCUT2D eigenvalue weighted by Gasteiger charge is -2.15. The quantitative estimate of drug-likeness (QED) is 0.546. The second-order valence-electron chi connectivity index (χ2n) is 6.12. The Balaban J connectivity index is 1.81. The van der Waals surface area contributed by atoms with Gasteiger partial charge in [-0.15, -0.1) is 0 Å². The number of nitrogens with zero attached hydrogens (tertiary/aromatic N) is 2. The fourth-order valence-corrected chi connectivity index (χ4v) is 3.88. The van der Waals surface area contributed by atoms with E-state index in [1.165, 1.54) is 11.8 Å². The molecule has 0 radical (unpaired) electrons. The number of hydrogen-bond donors (Lipinski definition) is 1. The number of thioether (sulfide) groups is 1. The number of aromatic nitrogens is 2. The maximum atomic E-state index is 12.7. The molecule has 148 valence electrons. The number of nitrogens with one attached hydrogen (secondary N) is 1.